The molecule has 164 valence electrons. The average molecular weight is 444 g/mol. The number of hydrogen-bond donors (Lipinski definition) is 0. The SMILES string of the molecule is CN1C(=O)C[C@@](CC(=O)N2CCCN(Cc3cccs3)CC2)(c2ccccc2F)C1=O. The van der Waals surface area contributed by atoms with Gasteiger partial charge in [-0.05, 0) is 23.9 Å². The third-order valence-electron chi connectivity index (χ3n) is 6.28. The Hall–Kier alpha value is -2.58. The lowest BCUT2D eigenvalue weighted by Gasteiger charge is -2.30. The zero-order chi connectivity index (χ0) is 22.0. The van der Waals surface area contributed by atoms with Gasteiger partial charge in [0.05, 0.1) is 5.41 Å². The summed E-state index contributed by atoms with van der Waals surface area (Å²) in [6.45, 7) is 3.63. The van der Waals surface area contributed by atoms with Crippen molar-refractivity contribution in [3.8, 4) is 0 Å². The maximum absolute atomic E-state index is 14.7. The van der Waals surface area contributed by atoms with Gasteiger partial charge in [0, 0.05) is 63.1 Å². The van der Waals surface area contributed by atoms with E-state index in [1.165, 1.54) is 30.1 Å². The van der Waals surface area contributed by atoms with Crippen molar-refractivity contribution in [1.29, 1.82) is 0 Å². The number of likely N-dealkylation sites (N-methyl/N-ethyl adjacent to an activating group) is 1. The summed E-state index contributed by atoms with van der Waals surface area (Å²) in [4.78, 5) is 45.1. The van der Waals surface area contributed by atoms with Crippen molar-refractivity contribution in [2.45, 2.75) is 31.2 Å². The van der Waals surface area contributed by atoms with Gasteiger partial charge in [0.1, 0.15) is 5.82 Å². The Kier molecular flexibility index (Phi) is 6.20. The van der Waals surface area contributed by atoms with E-state index in [1.54, 1.807) is 22.3 Å². The van der Waals surface area contributed by atoms with Crippen molar-refractivity contribution in [1.82, 2.24) is 14.7 Å². The maximum atomic E-state index is 14.7. The molecule has 0 N–H and O–H groups in total. The van der Waals surface area contributed by atoms with Crippen LogP contribution in [0.4, 0.5) is 4.39 Å². The van der Waals surface area contributed by atoms with Gasteiger partial charge in [-0.3, -0.25) is 24.2 Å². The third-order valence-corrected chi connectivity index (χ3v) is 7.15. The third kappa shape index (κ3) is 4.27. The highest BCUT2D eigenvalue weighted by molar-refractivity contribution is 7.09. The van der Waals surface area contributed by atoms with Gasteiger partial charge in [0.15, 0.2) is 0 Å². The fourth-order valence-electron chi connectivity index (χ4n) is 4.55. The molecule has 0 unspecified atom stereocenters. The Balaban J connectivity index is 1.51. The van der Waals surface area contributed by atoms with E-state index in [0.29, 0.717) is 13.1 Å². The van der Waals surface area contributed by atoms with Crippen molar-refractivity contribution < 1.29 is 18.8 Å². The van der Waals surface area contributed by atoms with E-state index in [4.69, 9.17) is 0 Å². The van der Waals surface area contributed by atoms with Crippen molar-refractivity contribution in [2.24, 2.45) is 0 Å². The van der Waals surface area contributed by atoms with Crippen LogP contribution in [-0.4, -0.2) is 65.6 Å². The number of carbonyl (C=O) groups is 3. The first-order valence-electron chi connectivity index (χ1n) is 10.5. The quantitative estimate of drug-likeness (QED) is 0.667. The summed E-state index contributed by atoms with van der Waals surface area (Å²) in [5.41, 5.74) is -1.35. The molecule has 1 atom stereocenters. The molecule has 3 amide bonds. The number of thiophene rings is 1. The number of rotatable bonds is 5. The van der Waals surface area contributed by atoms with Crippen molar-refractivity contribution in [2.75, 3.05) is 33.2 Å². The smallest absolute Gasteiger partial charge is 0.240 e. The van der Waals surface area contributed by atoms with E-state index in [2.05, 4.69) is 16.3 Å². The van der Waals surface area contributed by atoms with Gasteiger partial charge in [-0.15, -0.1) is 11.3 Å². The fourth-order valence-corrected chi connectivity index (χ4v) is 5.30. The van der Waals surface area contributed by atoms with Gasteiger partial charge in [-0.25, -0.2) is 4.39 Å². The van der Waals surface area contributed by atoms with Crippen LogP contribution in [0.2, 0.25) is 0 Å². The predicted octanol–water partition coefficient (Wildman–Crippen LogP) is 2.64. The normalized spacial score (nSPS) is 22.8. The van der Waals surface area contributed by atoms with Gasteiger partial charge < -0.3 is 4.90 Å². The Bertz CT molecular complexity index is 980. The molecule has 0 bridgehead atoms. The summed E-state index contributed by atoms with van der Waals surface area (Å²) in [7, 11) is 1.39. The number of carbonyl (C=O) groups excluding carboxylic acids is 3. The van der Waals surface area contributed by atoms with Crippen molar-refractivity contribution in [3.63, 3.8) is 0 Å². The summed E-state index contributed by atoms with van der Waals surface area (Å²) in [5, 5.41) is 2.06. The van der Waals surface area contributed by atoms with Crippen LogP contribution in [0.3, 0.4) is 0 Å². The van der Waals surface area contributed by atoms with E-state index in [-0.39, 0.29) is 30.2 Å². The van der Waals surface area contributed by atoms with E-state index in [9.17, 15) is 18.8 Å². The molecule has 0 saturated carbocycles. The Morgan fingerprint density at radius 3 is 2.58 bits per heavy atom. The number of benzene rings is 1. The highest BCUT2D eigenvalue weighted by atomic mass is 32.1. The van der Waals surface area contributed by atoms with Crippen molar-refractivity contribution in [3.05, 3.63) is 58.0 Å². The molecule has 8 heteroatoms. The second-order valence-corrected chi connectivity index (χ2v) is 9.30. The van der Waals surface area contributed by atoms with Crippen LogP contribution in [0.25, 0.3) is 0 Å². The minimum atomic E-state index is -1.47. The summed E-state index contributed by atoms with van der Waals surface area (Å²) >= 11 is 1.72. The minimum absolute atomic E-state index is 0.125. The van der Waals surface area contributed by atoms with Gasteiger partial charge in [-0.2, -0.15) is 0 Å². The molecule has 2 aliphatic heterocycles. The van der Waals surface area contributed by atoms with Gasteiger partial charge in [0.2, 0.25) is 17.7 Å². The first kappa shape index (κ1) is 21.6. The summed E-state index contributed by atoms with van der Waals surface area (Å²) in [5.74, 6) is -1.67. The topological polar surface area (TPSA) is 60.9 Å². The predicted molar refractivity (Wildman–Crippen MR) is 116 cm³/mol. The highest BCUT2D eigenvalue weighted by Gasteiger charge is 2.54. The molecule has 1 aromatic heterocycles. The molecule has 0 spiro atoms. The number of amides is 3. The minimum Gasteiger partial charge on any atom is -0.341 e. The molecule has 2 aromatic rings. The van der Waals surface area contributed by atoms with Crippen molar-refractivity contribution >= 4 is 29.1 Å². The number of hydrogen-bond acceptors (Lipinski definition) is 5. The van der Waals surface area contributed by atoms with Gasteiger partial charge in [-0.1, -0.05) is 24.3 Å². The van der Waals surface area contributed by atoms with Crippen LogP contribution < -0.4 is 0 Å². The molecule has 3 heterocycles. The van der Waals surface area contributed by atoms with E-state index < -0.39 is 17.1 Å². The monoisotopic (exact) mass is 443 g/mol. The zero-order valence-corrected chi connectivity index (χ0v) is 18.4. The Morgan fingerprint density at radius 2 is 1.90 bits per heavy atom. The van der Waals surface area contributed by atoms with Crippen LogP contribution in [-0.2, 0) is 26.3 Å². The number of imide groups is 1. The molecule has 2 saturated heterocycles. The second-order valence-electron chi connectivity index (χ2n) is 8.26. The number of nitrogens with zero attached hydrogens (tertiary/aromatic N) is 3. The largest absolute Gasteiger partial charge is 0.341 e. The lowest BCUT2D eigenvalue weighted by molar-refractivity contribution is -0.141. The lowest BCUT2D eigenvalue weighted by Crippen LogP contribution is -2.44. The second kappa shape index (κ2) is 8.88. The standard InChI is InChI=1S/C23H26FN3O3S/c1-25-20(28)14-23(22(25)30,18-7-2-3-8-19(18)24)15-21(29)27-10-5-9-26(11-12-27)16-17-6-4-13-31-17/h2-4,6-8,13H,5,9-12,14-16H2,1H3/t23-/m1/s1. The number of halogens is 1. The van der Waals surface area contributed by atoms with Crippen LogP contribution in [0, 0.1) is 5.82 Å². The lowest BCUT2D eigenvalue weighted by atomic mass is 9.75. The van der Waals surface area contributed by atoms with E-state index in [0.717, 1.165) is 31.0 Å². The molecule has 31 heavy (non-hydrogen) atoms. The first-order chi connectivity index (χ1) is 14.9. The molecule has 0 radical (unpaired) electrons. The molecule has 6 nitrogen and oxygen atoms in total. The maximum Gasteiger partial charge on any atom is 0.240 e. The molecule has 4 rings (SSSR count). The summed E-state index contributed by atoms with van der Waals surface area (Å²) < 4.78 is 14.7. The van der Waals surface area contributed by atoms with Crippen LogP contribution in [0.5, 0.6) is 0 Å². The Labute approximate surface area is 185 Å². The van der Waals surface area contributed by atoms with Gasteiger partial charge >= 0.3 is 0 Å². The molecule has 0 aliphatic carbocycles. The van der Waals surface area contributed by atoms with Crippen LogP contribution in [0.15, 0.2) is 41.8 Å². The van der Waals surface area contributed by atoms with Crippen LogP contribution in [0.1, 0.15) is 29.7 Å². The Morgan fingerprint density at radius 1 is 1.10 bits per heavy atom. The summed E-state index contributed by atoms with van der Waals surface area (Å²) in [6, 6.07) is 10.1. The summed E-state index contributed by atoms with van der Waals surface area (Å²) in [6.07, 6.45) is 0.442. The van der Waals surface area contributed by atoms with E-state index >= 15 is 0 Å². The molecule has 1 aromatic carbocycles. The molecular formula is C23H26FN3O3S. The average Bonchev–Trinajstić information content (AvgIpc) is 3.24. The van der Waals surface area contributed by atoms with Gasteiger partial charge in [0.25, 0.3) is 0 Å². The van der Waals surface area contributed by atoms with Crippen LogP contribution >= 0.6 is 11.3 Å². The first-order valence-corrected chi connectivity index (χ1v) is 11.4. The number of likely N-dealkylation sites (tertiary alicyclic amines) is 1. The fraction of sp³-hybridized carbons (Fsp3) is 0.435. The molecule has 2 aliphatic rings. The zero-order valence-electron chi connectivity index (χ0n) is 17.6. The molecular weight excluding hydrogens is 417 g/mol. The molecule has 2 fully saturated rings. The highest BCUT2D eigenvalue weighted by Crippen LogP contribution is 2.41. The van der Waals surface area contributed by atoms with E-state index in [1.807, 2.05) is 6.07 Å².